The van der Waals surface area contributed by atoms with Crippen molar-refractivity contribution in [3.05, 3.63) is 12.2 Å². The molecule has 0 bridgehead atoms. The van der Waals surface area contributed by atoms with E-state index in [1.54, 1.807) is 12.2 Å². The van der Waals surface area contributed by atoms with Crippen LogP contribution >= 0.6 is 0 Å². The molecule has 0 saturated carbocycles. The lowest BCUT2D eigenvalue weighted by Gasteiger charge is -2.33. The summed E-state index contributed by atoms with van der Waals surface area (Å²) < 4.78 is 64.7. The first-order chi connectivity index (χ1) is 11.5. The predicted octanol–water partition coefficient (Wildman–Crippen LogP) is 1.85. The maximum Gasteiger partial charge on any atom is 0.525 e. The summed E-state index contributed by atoms with van der Waals surface area (Å²) in [6, 6.07) is -2.20. The van der Waals surface area contributed by atoms with Gasteiger partial charge in [-0.2, -0.15) is 26.7 Å². The number of halogens is 3. The van der Waals surface area contributed by atoms with Crippen LogP contribution in [0.5, 0.6) is 0 Å². The second-order valence-corrected chi connectivity index (χ2v) is 7.23. The Hall–Kier alpha value is -1.82. The normalized spacial score (nSPS) is 24.4. The molecule has 1 fully saturated rings. The highest BCUT2D eigenvalue weighted by Gasteiger charge is 2.51. The number of carbonyl (C=O) groups excluding carboxylic acids is 1. The average molecular weight is 386 g/mol. The molecule has 1 aliphatic heterocycles. The molecular weight excluding hydrogens is 369 g/mol. The number of carbonyl (C=O) groups is 2. The summed E-state index contributed by atoms with van der Waals surface area (Å²) in [4.78, 5) is 24.5. The average Bonchev–Trinajstić information content (AvgIpc) is 3.01. The Kier molecular flexibility index (Phi) is 5.62. The number of hydroxylamine groups is 2. The maximum absolute atomic E-state index is 12.6. The van der Waals surface area contributed by atoms with Gasteiger partial charge in [-0.15, -0.1) is 4.28 Å². The first-order valence-electron chi connectivity index (χ1n) is 7.53. The zero-order valence-corrected chi connectivity index (χ0v) is 13.8. The smallest absolute Gasteiger partial charge is 0.465 e. The third-order valence-electron chi connectivity index (χ3n) is 4.04. The molecule has 142 valence electrons. The summed E-state index contributed by atoms with van der Waals surface area (Å²) in [5.74, 6) is -1.10. The Labute approximate surface area is 141 Å². The predicted molar refractivity (Wildman–Crippen MR) is 77.4 cm³/mol. The second kappa shape index (κ2) is 7.20. The highest BCUT2D eigenvalue weighted by molar-refractivity contribution is 7.87. The van der Waals surface area contributed by atoms with Gasteiger partial charge in [0.05, 0.1) is 6.04 Å². The van der Waals surface area contributed by atoms with Crippen LogP contribution in [-0.2, 0) is 19.2 Å². The Morgan fingerprint density at radius 2 is 1.92 bits per heavy atom. The van der Waals surface area contributed by atoms with Crippen LogP contribution in [0, 0.1) is 0 Å². The van der Waals surface area contributed by atoms with Gasteiger partial charge in [-0.1, -0.05) is 12.2 Å². The van der Waals surface area contributed by atoms with Gasteiger partial charge >= 0.3 is 21.7 Å². The van der Waals surface area contributed by atoms with Crippen LogP contribution in [-0.4, -0.2) is 59.6 Å². The number of amides is 2. The fourth-order valence-corrected chi connectivity index (χ4v) is 3.31. The van der Waals surface area contributed by atoms with E-state index in [0.717, 1.165) is 4.90 Å². The largest absolute Gasteiger partial charge is 0.525 e. The minimum absolute atomic E-state index is 0.0379. The molecule has 0 spiro atoms. The molecule has 1 saturated heterocycles. The Morgan fingerprint density at radius 1 is 1.24 bits per heavy atom. The Balaban J connectivity index is 2.29. The standard InChI is InChI=1S/C13H17F3N2O6S/c14-13(15,16)25(22,23)24-18(9-5-2-1-3-6-9)11(19)10-7-4-8-17(10)12(20)21/h1-2,9-10H,3-8H2,(H,20,21). The quantitative estimate of drug-likeness (QED) is 0.449. The van der Waals surface area contributed by atoms with Gasteiger partial charge in [0, 0.05) is 6.54 Å². The lowest BCUT2D eigenvalue weighted by Crippen LogP contribution is -2.52. The van der Waals surface area contributed by atoms with Crippen LogP contribution in [0.25, 0.3) is 0 Å². The summed E-state index contributed by atoms with van der Waals surface area (Å²) in [6.07, 6.45) is 3.11. The summed E-state index contributed by atoms with van der Waals surface area (Å²) in [5.41, 5.74) is -5.70. The Bertz CT molecular complexity index is 663. The van der Waals surface area contributed by atoms with Gasteiger partial charge < -0.3 is 5.11 Å². The van der Waals surface area contributed by atoms with Gasteiger partial charge in [0.25, 0.3) is 5.91 Å². The van der Waals surface area contributed by atoms with E-state index in [1.807, 2.05) is 0 Å². The molecule has 2 unspecified atom stereocenters. The van der Waals surface area contributed by atoms with Crippen LogP contribution in [0.4, 0.5) is 18.0 Å². The number of hydrogen-bond donors (Lipinski definition) is 1. The highest BCUT2D eigenvalue weighted by Crippen LogP contribution is 2.30. The number of hydrogen-bond acceptors (Lipinski definition) is 5. The zero-order chi connectivity index (χ0) is 18.8. The third-order valence-corrected chi connectivity index (χ3v) is 4.96. The lowest BCUT2D eigenvalue weighted by atomic mass is 10.0. The zero-order valence-electron chi connectivity index (χ0n) is 13.0. The summed E-state index contributed by atoms with van der Waals surface area (Å²) in [7, 11) is -6.04. The molecule has 1 N–H and O–H groups in total. The molecule has 0 aromatic carbocycles. The van der Waals surface area contributed by atoms with Crippen molar-refractivity contribution in [1.82, 2.24) is 9.96 Å². The van der Waals surface area contributed by atoms with E-state index >= 15 is 0 Å². The van der Waals surface area contributed by atoms with Crippen LogP contribution in [0.3, 0.4) is 0 Å². The molecular formula is C13H17F3N2O6S. The van der Waals surface area contributed by atoms with E-state index in [-0.39, 0.29) is 30.9 Å². The maximum atomic E-state index is 12.6. The number of likely N-dealkylation sites (tertiary alicyclic amines) is 1. The number of allylic oxidation sites excluding steroid dienone is 1. The molecule has 2 aliphatic rings. The fourth-order valence-electron chi connectivity index (χ4n) is 2.82. The van der Waals surface area contributed by atoms with Gasteiger partial charge in [-0.3, -0.25) is 9.69 Å². The van der Waals surface area contributed by atoms with Crippen LogP contribution in [0.15, 0.2) is 12.2 Å². The van der Waals surface area contributed by atoms with Crippen molar-refractivity contribution in [2.75, 3.05) is 6.54 Å². The molecule has 1 aliphatic carbocycles. The fraction of sp³-hybridized carbons (Fsp3) is 0.692. The first-order valence-corrected chi connectivity index (χ1v) is 8.94. The monoisotopic (exact) mass is 386 g/mol. The van der Waals surface area contributed by atoms with Gasteiger partial charge in [-0.05, 0) is 32.1 Å². The summed E-state index contributed by atoms with van der Waals surface area (Å²) in [5, 5.41) is 9.28. The molecule has 25 heavy (non-hydrogen) atoms. The molecule has 1 heterocycles. The van der Waals surface area contributed by atoms with Crippen molar-refractivity contribution in [1.29, 1.82) is 0 Å². The van der Waals surface area contributed by atoms with Crippen molar-refractivity contribution in [3.63, 3.8) is 0 Å². The summed E-state index contributed by atoms with van der Waals surface area (Å²) in [6.45, 7) is 0.0379. The van der Waals surface area contributed by atoms with Crippen LogP contribution in [0.2, 0.25) is 0 Å². The molecule has 2 amide bonds. The molecule has 8 nitrogen and oxygen atoms in total. The minimum atomic E-state index is -6.04. The van der Waals surface area contributed by atoms with E-state index in [9.17, 15) is 31.2 Å². The highest BCUT2D eigenvalue weighted by atomic mass is 32.2. The number of alkyl halides is 3. The van der Waals surface area contributed by atoms with Gasteiger partial charge in [0.2, 0.25) is 0 Å². The van der Waals surface area contributed by atoms with Crippen LogP contribution < -0.4 is 0 Å². The van der Waals surface area contributed by atoms with Crippen molar-refractivity contribution in [2.45, 2.75) is 49.7 Å². The van der Waals surface area contributed by atoms with E-state index in [4.69, 9.17) is 5.11 Å². The Morgan fingerprint density at radius 3 is 2.44 bits per heavy atom. The summed E-state index contributed by atoms with van der Waals surface area (Å²) >= 11 is 0. The van der Waals surface area contributed by atoms with Crippen molar-refractivity contribution in [3.8, 4) is 0 Å². The number of nitrogens with zero attached hydrogens (tertiary/aromatic N) is 2. The lowest BCUT2D eigenvalue weighted by molar-refractivity contribution is -0.174. The molecule has 2 atom stereocenters. The molecule has 0 aromatic heterocycles. The topological polar surface area (TPSA) is 104 Å². The SMILES string of the molecule is O=C(O)N1CCCC1C(=O)N(OS(=O)(=O)C(F)(F)F)C1CC=CCC1. The second-order valence-electron chi connectivity index (χ2n) is 5.71. The van der Waals surface area contributed by atoms with E-state index in [0.29, 0.717) is 12.8 Å². The van der Waals surface area contributed by atoms with Crippen molar-refractivity contribution >= 4 is 22.1 Å². The van der Waals surface area contributed by atoms with Gasteiger partial charge in [0.15, 0.2) is 0 Å². The number of rotatable bonds is 4. The molecule has 12 heteroatoms. The molecule has 0 radical (unpaired) electrons. The first kappa shape index (κ1) is 19.5. The van der Waals surface area contributed by atoms with E-state index in [2.05, 4.69) is 4.28 Å². The van der Waals surface area contributed by atoms with Gasteiger partial charge in [0.1, 0.15) is 6.04 Å². The number of carboxylic acid groups (broad SMARTS) is 1. The molecule has 2 rings (SSSR count). The van der Waals surface area contributed by atoms with Crippen molar-refractivity contribution in [2.24, 2.45) is 0 Å². The third kappa shape index (κ3) is 4.24. The van der Waals surface area contributed by atoms with Gasteiger partial charge in [-0.25, -0.2) is 4.79 Å². The minimum Gasteiger partial charge on any atom is -0.465 e. The van der Waals surface area contributed by atoms with Crippen molar-refractivity contribution < 1.29 is 40.6 Å². The van der Waals surface area contributed by atoms with E-state index in [1.165, 1.54) is 0 Å². The molecule has 0 aromatic rings. The van der Waals surface area contributed by atoms with E-state index < -0.39 is 39.7 Å². The van der Waals surface area contributed by atoms with Crippen LogP contribution in [0.1, 0.15) is 32.1 Å².